The zero-order valence-corrected chi connectivity index (χ0v) is 19.7. The number of thiophene rings is 1. The molecule has 1 aromatic carbocycles. The van der Waals surface area contributed by atoms with E-state index in [-0.39, 0.29) is 29.2 Å². The predicted molar refractivity (Wildman–Crippen MR) is 124 cm³/mol. The maximum atomic E-state index is 12.7. The second-order valence-corrected chi connectivity index (χ2v) is 9.66. The minimum absolute atomic E-state index is 0.119. The van der Waals surface area contributed by atoms with Crippen LogP contribution in [0.15, 0.2) is 45.0 Å². The summed E-state index contributed by atoms with van der Waals surface area (Å²) >= 11 is 2.91. The number of fused-ring (bicyclic) bond motifs is 1. The number of carbonyl (C=O) groups is 3. The monoisotopic (exact) mass is 486 g/mol. The molecule has 2 amide bonds. The molecule has 11 heteroatoms. The fourth-order valence-electron chi connectivity index (χ4n) is 3.18. The van der Waals surface area contributed by atoms with Gasteiger partial charge in [0.25, 0.3) is 11.8 Å². The lowest BCUT2D eigenvalue weighted by molar-refractivity contribution is -0.135. The van der Waals surface area contributed by atoms with Crippen molar-refractivity contribution in [1.82, 2.24) is 15.1 Å². The summed E-state index contributed by atoms with van der Waals surface area (Å²) in [5.41, 5.74) is 0.825. The van der Waals surface area contributed by atoms with Crippen LogP contribution in [0.5, 0.6) is 0 Å². The summed E-state index contributed by atoms with van der Waals surface area (Å²) in [5, 5.41) is 12.5. The molecule has 1 atom stereocenters. The highest BCUT2D eigenvalue weighted by Crippen LogP contribution is 2.36. The molecule has 4 rings (SSSR count). The van der Waals surface area contributed by atoms with E-state index in [2.05, 4.69) is 15.5 Å². The minimum Gasteiger partial charge on any atom is -0.452 e. The summed E-state index contributed by atoms with van der Waals surface area (Å²) in [5.74, 6) is -0.410. The Morgan fingerprint density at radius 3 is 2.88 bits per heavy atom. The second-order valence-electron chi connectivity index (χ2n) is 7.33. The molecule has 0 spiro atoms. The highest BCUT2D eigenvalue weighted by Gasteiger charge is 2.25. The fraction of sp³-hybridized carbons (Fsp3) is 0.318. The first-order valence-electron chi connectivity index (χ1n) is 10.4. The first-order chi connectivity index (χ1) is 15.9. The Hall–Kier alpha value is -3.18. The van der Waals surface area contributed by atoms with Crippen LogP contribution < -0.4 is 5.32 Å². The average Bonchev–Trinajstić information content (AvgIpc) is 3.49. The normalized spacial score (nSPS) is 15.0. The average molecular weight is 487 g/mol. The Kier molecular flexibility index (Phi) is 7.09. The lowest BCUT2D eigenvalue weighted by atomic mass is 10.2. The number of nitrogens with one attached hydrogen (secondary N) is 1. The van der Waals surface area contributed by atoms with Crippen LogP contribution in [0.4, 0.5) is 5.69 Å². The van der Waals surface area contributed by atoms with Gasteiger partial charge < -0.3 is 19.4 Å². The van der Waals surface area contributed by atoms with Crippen molar-refractivity contribution >= 4 is 46.6 Å². The van der Waals surface area contributed by atoms with Crippen LogP contribution in [-0.4, -0.2) is 51.3 Å². The number of esters is 1. The van der Waals surface area contributed by atoms with E-state index in [9.17, 15) is 14.4 Å². The van der Waals surface area contributed by atoms with Crippen molar-refractivity contribution in [2.24, 2.45) is 0 Å². The van der Waals surface area contributed by atoms with Gasteiger partial charge in [0.15, 0.2) is 6.61 Å². The zero-order valence-electron chi connectivity index (χ0n) is 18.1. The van der Waals surface area contributed by atoms with E-state index in [1.165, 1.54) is 28.0 Å². The lowest BCUT2D eigenvalue weighted by Gasteiger charge is -2.22. The van der Waals surface area contributed by atoms with E-state index in [0.717, 1.165) is 9.77 Å². The Bertz CT molecular complexity index is 1160. The van der Waals surface area contributed by atoms with Crippen molar-refractivity contribution in [3.05, 3.63) is 47.2 Å². The third-order valence-corrected chi connectivity index (χ3v) is 6.88. The molecule has 1 aliphatic rings. The summed E-state index contributed by atoms with van der Waals surface area (Å²) < 4.78 is 10.9. The summed E-state index contributed by atoms with van der Waals surface area (Å²) in [6.45, 7) is 3.92. The number of rotatable bonds is 8. The van der Waals surface area contributed by atoms with E-state index in [1.807, 2.05) is 31.4 Å². The third kappa shape index (κ3) is 5.42. The lowest BCUT2D eigenvalue weighted by Crippen LogP contribution is -2.35. The highest BCUT2D eigenvalue weighted by molar-refractivity contribution is 8.00. The molecule has 2 aromatic heterocycles. The van der Waals surface area contributed by atoms with Crippen molar-refractivity contribution in [2.75, 3.05) is 18.5 Å². The first-order valence-corrected chi connectivity index (χ1v) is 12.1. The van der Waals surface area contributed by atoms with Crippen molar-refractivity contribution in [2.45, 2.75) is 37.0 Å². The van der Waals surface area contributed by atoms with Gasteiger partial charge in [-0.2, -0.15) is 0 Å². The molecule has 1 aliphatic heterocycles. The van der Waals surface area contributed by atoms with Gasteiger partial charge in [0, 0.05) is 11.4 Å². The van der Waals surface area contributed by atoms with E-state index < -0.39 is 12.6 Å². The molecule has 1 unspecified atom stereocenters. The van der Waals surface area contributed by atoms with E-state index in [0.29, 0.717) is 30.4 Å². The van der Waals surface area contributed by atoms with Crippen LogP contribution >= 0.6 is 23.1 Å². The predicted octanol–water partition coefficient (Wildman–Crippen LogP) is 3.83. The second kappa shape index (κ2) is 10.2. The van der Waals surface area contributed by atoms with E-state index in [4.69, 9.17) is 9.15 Å². The molecular formula is C22H22N4O5S2. The number of anilines is 1. The van der Waals surface area contributed by atoms with Gasteiger partial charge in [-0.15, -0.1) is 33.3 Å². The molecule has 9 nitrogen and oxygen atoms in total. The quantitative estimate of drug-likeness (QED) is 0.478. The smallest absolute Gasteiger partial charge is 0.338 e. The van der Waals surface area contributed by atoms with Gasteiger partial charge in [0.2, 0.25) is 11.8 Å². The Morgan fingerprint density at radius 1 is 1.27 bits per heavy atom. The molecule has 33 heavy (non-hydrogen) atoms. The number of carbonyl (C=O) groups excluding carboxylic acids is 3. The molecule has 0 saturated carbocycles. The summed E-state index contributed by atoms with van der Waals surface area (Å²) in [4.78, 5) is 40.4. The molecule has 3 heterocycles. The number of nitrogens with zero attached hydrogens (tertiary/aromatic N) is 3. The van der Waals surface area contributed by atoms with Gasteiger partial charge in [0.05, 0.1) is 27.9 Å². The SMILES string of the molecule is CCCN(Cc1nnc(-c2cccs2)o1)C(=O)COC(=O)c1ccc2c(c1)NC(=O)C(C)S2. The van der Waals surface area contributed by atoms with Crippen LogP contribution in [0.3, 0.4) is 0 Å². The maximum absolute atomic E-state index is 12.7. The maximum Gasteiger partial charge on any atom is 0.338 e. The topological polar surface area (TPSA) is 115 Å². The fourth-order valence-corrected chi connectivity index (χ4v) is 4.75. The number of benzene rings is 1. The van der Waals surface area contributed by atoms with Gasteiger partial charge in [-0.05, 0) is 43.0 Å². The van der Waals surface area contributed by atoms with E-state index >= 15 is 0 Å². The Labute approximate surface area is 198 Å². The number of aromatic nitrogens is 2. The summed E-state index contributed by atoms with van der Waals surface area (Å²) in [7, 11) is 0. The Balaban J connectivity index is 1.36. The molecule has 0 radical (unpaired) electrons. The molecule has 0 aliphatic carbocycles. The summed E-state index contributed by atoms with van der Waals surface area (Å²) in [6.07, 6.45) is 0.714. The Morgan fingerprint density at radius 2 is 2.12 bits per heavy atom. The van der Waals surface area contributed by atoms with Crippen molar-refractivity contribution in [3.8, 4) is 10.8 Å². The van der Waals surface area contributed by atoms with Crippen molar-refractivity contribution in [3.63, 3.8) is 0 Å². The molecule has 172 valence electrons. The molecule has 0 fully saturated rings. The molecule has 3 aromatic rings. The molecule has 0 bridgehead atoms. The number of thioether (sulfide) groups is 1. The largest absolute Gasteiger partial charge is 0.452 e. The standard InChI is InChI=1S/C22H22N4O5S2/c1-3-8-26(11-18-24-25-21(31-18)17-5-4-9-32-17)19(27)12-30-22(29)14-6-7-16-15(10-14)23-20(28)13(2)33-16/h4-7,9-10,13H,3,8,11-12H2,1-2H3,(H,23,28). The first kappa shape index (κ1) is 23.0. The van der Waals surface area contributed by atoms with Gasteiger partial charge in [-0.1, -0.05) is 13.0 Å². The van der Waals surface area contributed by atoms with Crippen LogP contribution in [-0.2, 0) is 20.9 Å². The van der Waals surface area contributed by atoms with Crippen LogP contribution in [0.25, 0.3) is 10.8 Å². The summed E-state index contributed by atoms with van der Waals surface area (Å²) in [6, 6.07) is 8.71. The molecular weight excluding hydrogens is 464 g/mol. The molecule has 1 N–H and O–H groups in total. The van der Waals surface area contributed by atoms with Crippen molar-refractivity contribution in [1.29, 1.82) is 0 Å². The molecule has 0 saturated heterocycles. The van der Waals surface area contributed by atoms with Gasteiger partial charge in [-0.25, -0.2) is 4.79 Å². The van der Waals surface area contributed by atoms with Crippen LogP contribution in [0.1, 0.15) is 36.5 Å². The van der Waals surface area contributed by atoms with Gasteiger partial charge >= 0.3 is 5.97 Å². The highest BCUT2D eigenvalue weighted by atomic mass is 32.2. The number of hydrogen-bond acceptors (Lipinski definition) is 9. The number of hydrogen-bond donors (Lipinski definition) is 1. The number of amides is 2. The van der Waals surface area contributed by atoms with E-state index in [1.54, 1.807) is 18.2 Å². The van der Waals surface area contributed by atoms with Gasteiger partial charge in [0.1, 0.15) is 0 Å². The third-order valence-electron chi connectivity index (χ3n) is 4.84. The van der Waals surface area contributed by atoms with Crippen molar-refractivity contribution < 1.29 is 23.5 Å². The van der Waals surface area contributed by atoms with Gasteiger partial charge in [-0.3, -0.25) is 9.59 Å². The van der Waals surface area contributed by atoms with Crippen LogP contribution in [0, 0.1) is 0 Å². The number of ether oxygens (including phenoxy) is 1. The zero-order chi connectivity index (χ0) is 23.4. The van der Waals surface area contributed by atoms with Crippen LogP contribution in [0.2, 0.25) is 0 Å². The minimum atomic E-state index is -0.641.